The third-order valence-corrected chi connectivity index (χ3v) is 3.50. The molecule has 1 heteroatoms. The lowest BCUT2D eigenvalue weighted by atomic mass is 9.86. The highest BCUT2D eigenvalue weighted by molar-refractivity contribution is 5.34. The van der Waals surface area contributed by atoms with Crippen LogP contribution in [0.25, 0.3) is 0 Å². The Morgan fingerprint density at radius 1 is 1.05 bits per heavy atom. The summed E-state index contributed by atoms with van der Waals surface area (Å²) in [4.78, 5) is 0. The third-order valence-electron chi connectivity index (χ3n) is 3.50. The molecule has 0 aromatic heterocycles. The predicted molar refractivity (Wildman–Crippen MR) is 86.7 cm³/mol. The highest BCUT2D eigenvalue weighted by Crippen LogP contribution is 2.22. The van der Waals surface area contributed by atoms with Crippen LogP contribution in [0.3, 0.4) is 0 Å². The van der Waals surface area contributed by atoms with Crippen LogP contribution in [0.4, 0.5) is 0 Å². The van der Waals surface area contributed by atoms with Gasteiger partial charge in [0, 0.05) is 12.0 Å². The Labute approximate surface area is 122 Å². The maximum atomic E-state index is 6.45. The Morgan fingerprint density at radius 3 is 2.40 bits per heavy atom. The number of nitrogens with two attached hydrogens (primary N) is 1. The maximum absolute atomic E-state index is 6.45. The van der Waals surface area contributed by atoms with E-state index in [0.717, 1.165) is 6.42 Å². The van der Waals surface area contributed by atoms with Crippen molar-refractivity contribution in [2.24, 2.45) is 5.73 Å². The predicted octanol–water partition coefficient (Wildman–Crippen LogP) is 4.32. The monoisotopic (exact) mass is 266 g/mol. The zero-order chi connectivity index (χ0) is 14.6. The SMILES string of the molecule is CC(C)c1cccc([CH]C(C)(N)Cc2ccccc2)c1. The molecule has 2 N–H and O–H groups in total. The summed E-state index contributed by atoms with van der Waals surface area (Å²) in [6, 6.07) is 19.1. The Bertz CT molecular complexity index is 541. The van der Waals surface area contributed by atoms with Gasteiger partial charge in [-0.3, -0.25) is 0 Å². The molecule has 2 aromatic carbocycles. The van der Waals surface area contributed by atoms with Crippen molar-refractivity contribution in [2.75, 3.05) is 0 Å². The summed E-state index contributed by atoms with van der Waals surface area (Å²) in [6.45, 7) is 6.51. The quantitative estimate of drug-likeness (QED) is 0.856. The van der Waals surface area contributed by atoms with Crippen LogP contribution in [-0.2, 0) is 6.42 Å². The lowest BCUT2D eigenvalue weighted by molar-refractivity contribution is 0.548. The molecule has 0 saturated carbocycles. The van der Waals surface area contributed by atoms with Crippen LogP contribution in [-0.4, -0.2) is 5.54 Å². The van der Waals surface area contributed by atoms with E-state index in [-0.39, 0.29) is 5.54 Å². The van der Waals surface area contributed by atoms with E-state index in [4.69, 9.17) is 5.73 Å². The number of benzene rings is 2. The summed E-state index contributed by atoms with van der Waals surface area (Å²) >= 11 is 0. The summed E-state index contributed by atoms with van der Waals surface area (Å²) < 4.78 is 0. The maximum Gasteiger partial charge on any atom is 0.0242 e. The zero-order valence-corrected chi connectivity index (χ0v) is 12.6. The molecule has 0 bridgehead atoms. The zero-order valence-electron chi connectivity index (χ0n) is 12.6. The summed E-state index contributed by atoms with van der Waals surface area (Å²) in [5.41, 5.74) is 9.95. The fraction of sp³-hybridized carbons (Fsp3) is 0.316. The first-order valence-corrected chi connectivity index (χ1v) is 7.25. The van der Waals surface area contributed by atoms with Gasteiger partial charge in [-0.25, -0.2) is 0 Å². The molecule has 0 fully saturated rings. The molecule has 0 aliphatic heterocycles. The van der Waals surface area contributed by atoms with Crippen molar-refractivity contribution in [1.82, 2.24) is 0 Å². The van der Waals surface area contributed by atoms with Crippen LogP contribution >= 0.6 is 0 Å². The van der Waals surface area contributed by atoms with E-state index in [9.17, 15) is 0 Å². The smallest absolute Gasteiger partial charge is 0.0242 e. The van der Waals surface area contributed by atoms with E-state index in [1.807, 2.05) is 6.07 Å². The second-order valence-electron chi connectivity index (χ2n) is 6.14. The van der Waals surface area contributed by atoms with Gasteiger partial charge in [0.2, 0.25) is 0 Å². The van der Waals surface area contributed by atoms with Crippen LogP contribution in [0.5, 0.6) is 0 Å². The average molecular weight is 266 g/mol. The lowest BCUT2D eigenvalue weighted by Crippen LogP contribution is -2.39. The van der Waals surface area contributed by atoms with E-state index in [1.54, 1.807) is 0 Å². The molecule has 0 saturated heterocycles. The third kappa shape index (κ3) is 4.21. The minimum Gasteiger partial charge on any atom is -0.324 e. The number of rotatable bonds is 5. The van der Waals surface area contributed by atoms with Gasteiger partial charge in [-0.2, -0.15) is 0 Å². The minimum atomic E-state index is -0.336. The summed E-state index contributed by atoms with van der Waals surface area (Å²) in [7, 11) is 0. The molecule has 20 heavy (non-hydrogen) atoms. The molecule has 1 unspecified atom stereocenters. The highest BCUT2D eigenvalue weighted by Gasteiger charge is 2.20. The molecular weight excluding hydrogens is 242 g/mol. The van der Waals surface area contributed by atoms with Gasteiger partial charge in [0.05, 0.1) is 0 Å². The van der Waals surface area contributed by atoms with Crippen molar-refractivity contribution in [3.8, 4) is 0 Å². The standard InChI is InChI=1S/C19H24N/c1-15(2)18-11-7-10-17(12-18)14-19(3,20)13-16-8-5-4-6-9-16/h4-12,14-15H,13,20H2,1-3H3. The molecule has 105 valence electrons. The fourth-order valence-corrected chi connectivity index (χ4v) is 2.48. The topological polar surface area (TPSA) is 26.0 Å². The second-order valence-corrected chi connectivity index (χ2v) is 6.14. The number of hydrogen-bond acceptors (Lipinski definition) is 1. The summed E-state index contributed by atoms with van der Waals surface area (Å²) in [5, 5.41) is 0. The van der Waals surface area contributed by atoms with Crippen LogP contribution < -0.4 is 5.73 Å². The molecule has 0 aliphatic rings. The van der Waals surface area contributed by atoms with Crippen molar-refractivity contribution in [3.05, 3.63) is 77.7 Å². The molecule has 0 amide bonds. The Balaban J connectivity index is 2.09. The van der Waals surface area contributed by atoms with Crippen molar-refractivity contribution in [3.63, 3.8) is 0 Å². The van der Waals surface area contributed by atoms with Crippen molar-refractivity contribution in [2.45, 2.75) is 38.6 Å². The van der Waals surface area contributed by atoms with Crippen molar-refractivity contribution in [1.29, 1.82) is 0 Å². The van der Waals surface area contributed by atoms with Crippen LogP contribution in [0.2, 0.25) is 0 Å². The molecule has 1 radical (unpaired) electrons. The molecule has 2 aromatic rings. The van der Waals surface area contributed by atoms with E-state index < -0.39 is 0 Å². The van der Waals surface area contributed by atoms with Gasteiger partial charge >= 0.3 is 0 Å². The number of hydrogen-bond donors (Lipinski definition) is 1. The highest BCUT2D eigenvalue weighted by atomic mass is 14.7. The first-order chi connectivity index (χ1) is 9.46. The first kappa shape index (κ1) is 14.8. The van der Waals surface area contributed by atoms with E-state index in [1.165, 1.54) is 16.7 Å². The van der Waals surface area contributed by atoms with Gasteiger partial charge in [-0.15, -0.1) is 0 Å². The molecule has 0 heterocycles. The minimum absolute atomic E-state index is 0.336. The first-order valence-electron chi connectivity index (χ1n) is 7.25. The average Bonchev–Trinajstić information content (AvgIpc) is 2.39. The fourth-order valence-electron chi connectivity index (χ4n) is 2.48. The lowest BCUT2D eigenvalue weighted by Gasteiger charge is -2.25. The van der Waals surface area contributed by atoms with Crippen molar-refractivity contribution < 1.29 is 0 Å². The van der Waals surface area contributed by atoms with E-state index >= 15 is 0 Å². The summed E-state index contributed by atoms with van der Waals surface area (Å²) in [6.07, 6.45) is 3.02. The molecule has 1 nitrogen and oxygen atoms in total. The van der Waals surface area contributed by atoms with Crippen LogP contribution in [0.1, 0.15) is 43.4 Å². The van der Waals surface area contributed by atoms with E-state index in [0.29, 0.717) is 5.92 Å². The van der Waals surface area contributed by atoms with Gasteiger partial charge in [-0.1, -0.05) is 68.4 Å². The van der Waals surface area contributed by atoms with Gasteiger partial charge in [0.15, 0.2) is 0 Å². The molecule has 1 atom stereocenters. The van der Waals surface area contributed by atoms with Gasteiger partial charge in [0.1, 0.15) is 0 Å². The van der Waals surface area contributed by atoms with Gasteiger partial charge in [0.25, 0.3) is 0 Å². The molecule has 0 spiro atoms. The molecule has 2 rings (SSSR count). The molecule has 0 aliphatic carbocycles. The molecular formula is C19H24N. The Hall–Kier alpha value is -1.60. The Kier molecular flexibility index (Phi) is 4.61. The second kappa shape index (κ2) is 6.23. The van der Waals surface area contributed by atoms with E-state index in [2.05, 4.69) is 75.7 Å². The largest absolute Gasteiger partial charge is 0.324 e. The van der Waals surface area contributed by atoms with Crippen LogP contribution in [0.15, 0.2) is 54.6 Å². The van der Waals surface area contributed by atoms with Gasteiger partial charge < -0.3 is 5.73 Å². The van der Waals surface area contributed by atoms with Crippen LogP contribution in [0, 0.1) is 6.42 Å². The van der Waals surface area contributed by atoms with Gasteiger partial charge in [-0.05, 0) is 36.0 Å². The Morgan fingerprint density at radius 2 is 1.75 bits per heavy atom. The normalized spacial score (nSPS) is 14.2. The summed E-state index contributed by atoms with van der Waals surface area (Å²) in [5.74, 6) is 0.543. The van der Waals surface area contributed by atoms with Crippen molar-refractivity contribution >= 4 is 0 Å².